The summed E-state index contributed by atoms with van der Waals surface area (Å²) in [5.41, 5.74) is -0.600. The van der Waals surface area contributed by atoms with Crippen LogP contribution in [-0.2, 0) is 9.53 Å². The van der Waals surface area contributed by atoms with Gasteiger partial charge in [0.2, 0.25) is 0 Å². The number of amides is 1. The van der Waals surface area contributed by atoms with Crippen LogP contribution in [0.4, 0.5) is 4.79 Å². The molecule has 1 saturated heterocycles. The lowest BCUT2D eigenvalue weighted by molar-refractivity contribution is -0.161. The molecular weight excluding hydrogens is 246 g/mol. The number of carbonyl (C=O) groups excluding carboxylic acids is 1. The van der Waals surface area contributed by atoms with Crippen molar-refractivity contribution in [1.29, 1.82) is 0 Å². The Morgan fingerprint density at radius 2 is 2.16 bits per heavy atom. The SMILES string of the molecule is C=CCOC(=O)N1CCCC(C2(C(=O)O)CCC2)C1. The molecule has 0 spiro atoms. The Labute approximate surface area is 113 Å². The molecule has 1 heterocycles. The van der Waals surface area contributed by atoms with Gasteiger partial charge in [-0.3, -0.25) is 4.79 Å². The van der Waals surface area contributed by atoms with Crippen molar-refractivity contribution in [3.8, 4) is 0 Å². The molecule has 2 aliphatic rings. The van der Waals surface area contributed by atoms with Gasteiger partial charge in [0.1, 0.15) is 6.61 Å². The molecular formula is C14H21NO4. The van der Waals surface area contributed by atoms with Crippen LogP contribution in [0, 0.1) is 11.3 Å². The van der Waals surface area contributed by atoms with Gasteiger partial charge in [-0.2, -0.15) is 0 Å². The molecule has 0 bridgehead atoms. The quantitative estimate of drug-likeness (QED) is 0.793. The van der Waals surface area contributed by atoms with Crippen LogP contribution >= 0.6 is 0 Å². The normalized spacial score (nSPS) is 25.3. The highest BCUT2D eigenvalue weighted by Gasteiger charge is 2.51. The number of likely N-dealkylation sites (tertiary alicyclic amines) is 1. The summed E-state index contributed by atoms with van der Waals surface area (Å²) >= 11 is 0. The number of carboxylic acids is 1. The van der Waals surface area contributed by atoms with Crippen molar-refractivity contribution in [2.24, 2.45) is 11.3 Å². The molecule has 2 fully saturated rings. The fraction of sp³-hybridized carbons (Fsp3) is 0.714. The minimum atomic E-state index is -0.704. The van der Waals surface area contributed by atoms with E-state index in [0.29, 0.717) is 13.1 Å². The molecule has 5 heteroatoms. The number of piperidine rings is 1. The second kappa shape index (κ2) is 5.63. The molecule has 1 N–H and O–H groups in total. The number of aliphatic carboxylic acids is 1. The molecule has 0 aromatic heterocycles. The van der Waals surface area contributed by atoms with Gasteiger partial charge in [-0.05, 0) is 31.6 Å². The Balaban J connectivity index is 1.98. The molecule has 1 aliphatic carbocycles. The molecule has 19 heavy (non-hydrogen) atoms. The third-order valence-corrected chi connectivity index (χ3v) is 4.46. The highest BCUT2D eigenvalue weighted by molar-refractivity contribution is 5.76. The van der Waals surface area contributed by atoms with Gasteiger partial charge in [0.25, 0.3) is 0 Å². The third-order valence-electron chi connectivity index (χ3n) is 4.46. The summed E-state index contributed by atoms with van der Waals surface area (Å²) < 4.78 is 5.03. The van der Waals surface area contributed by atoms with Gasteiger partial charge >= 0.3 is 12.1 Å². The Morgan fingerprint density at radius 3 is 2.68 bits per heavy atom. The van der Waals surface area contributed by atoms with Gasteiger partial charge in [0.15, 0.2) is 0 Å². The van der Waals surface area contributed by atoms with Crippen LogP contribution in [0.1, 0.15) is 32.1 Å². The van der Waals surface area contributed by atoms with Gasteiger partial charge in [0.05, 0.1) is 5.41 Å². The van der Waals surface area contributed by atoms with Crippen LogP contribution in [0.25, 0.3) is 0 Å². The van der Waals surface area contributed by atoms with Gasteiger partial charge in [0, 0.05) is 13.1 Å². The van der Waals surface area contributed by atoms with Crippen molar-refractivity contribution in [3.63, 3.8) is 0 Å². The predicted octanol–water partition coefficient (Wildman–Crippen LogP) is 2.28. The van der Waals surface area contributed by atoms with Gasteiger partial charge in [-0.1, -0.05) is 19.1 Å². The van der Waals surface area contributed by atoms with Crippen molar-refractivity contribution < 1.29 is 19.4 Å². The largest absolute Gasteiger partial charge is 0.481 e. The van der Waals surface area contributed by atoms with Crippen molar-refractivity contribution in [2.75, 3.05) is 19.7 Å². The van der Waals surface area contributed by atoms with Crippen LogP contribution in [0.15, 0.2) is 12.7 Å². The maximum atomic E-state index is 11.8. The summed E-state index contributed by atoms with van der Waals surface area (Å²) in [5, 5.41) is 9.45. The number of hydrogen-bond acceptors (Lipinski definition) is 3. The number of carbonyl (C=O) groups is 2. The first-order chi connectivity index (χ1) is 9.10. The van der Waals surface area contributed by atoms with Crippen molar-refractivity contribution in [2.45, 2.75) is 32.1 Å². The van der Waals surface area contributed by atoms with E-state index in [1.807, 2.05) is 0 Å². The number of ether oxygens (including phenoxy) is 1. The second-order valence-corrected chi connectivity index (χ2v) is 5.47. The monoisotopic (exact) mass is 267 g/mol. The molecule has 1 saturated carbocycles. The first-order valence-corrected chi connectivity index (χ1v) is 6.86. The Kier molecular flexibility index (Phi) is 4.12. The Morgan fingerprint density at radius 1 is 1.42 bits per heavy atom. The van der Waals surface area contributed by atoms with Crippen molar-refractivity contribution in [3.05, 3.63) is 12.7 Å². The first-order valence-electron chi connectivity index (χ1n) is 6.86. The predicted molar refractivity (Wildman–Crippen MR) is 69.8 cm³/mol. The molecule has 0 aromatic carbocycles. The lowest BCUT2D eigenvalue weighted by Crippen LogP contribution is -2.52. The lowest BCUT2D eigenvalue weighted by Gasteiger charge is -2.47. The topological polar surface area (TPSA) is 66.8 Å². The van der Waals surface area contributed by atoms with E-state index in [9.17, 15) is 14.7 Å². The molecule has 1 unspecified atom stereocenters. The summed E-state index contributed by atoms with van der Waals surface area (Å²) in [7, 11) is 0. The molecule has 1 aliphatic heterocycles. The van der Waals surface area contributed by atoms with E-state index in [1.54, 1.807) is 4.90 Å². The minimum absolute atomic E-state index is 0.0591. The van der Waals surface area contributed by atoms with Crippen molar-refractivity contribution >= 4 is 12.1 Å². The van der Waals surface area contributed by atoms with E-state index >= 15 is 0 Å². The Bertz CT molecular complexity index is 376. The lowest BCUT2D eigenvalue weighted by atomic mass is 9.59. The fourth-order valence-electron chi connectivity index (χ4n) is 3.17. The van der Waals surface area contributed by atoms with Gasteiger partial charge in [-0.25, -0.2) is 4.79 Å². The summed E-state index contributed by atoms with van der Waals surface area (Å²) in [6, 6.07) is 0. The standard InChI is InChI=1S/C14H21NO4/c1-2-9-19-13(18)15-8-3-5-11(10-15)14(12(16)17)6-4-7-14/h2,11H,1,3-10H2,(H,16,17). The number of rotatable bonds is 4. The summed E-state index contributed by atoms with van der Waals surface area (Å²) in [6.07, 6.45) is 5.36. The van der Waals surface area contributed by atoms with E-state index in [-0.39, 0.29) is 18.6 Å². The zero-order valence-corrected chi connectivity index (χ0v) is 11.1. The van der Waals surface area contributed by atoms with E-state index in [1.165, 1.54) is 6.08 Å². The smallest absolute Gasteiger partial charge is 0.410 e. The van der Waals surface area contributed by atoms with Crippen LogP contribution in [0.5, 0.6) is 0 Å². The molecule has 1 atom stereocenters. The molecule has 5 nitrogen and oxygen atoms in total. The van der Waals surface area contributed by atoms with E-state index in [0.717, 1.165) is 32.1 Å². The van der Waals surface area contributed by atoms with E-state index < -0.39 is 11.4 Å². The number of nitrogens with zero attached hydrogens (tertiary/aromatic N) is 1. The third kappa shape index (κ3) is 2.60. The minimum Gasteiger partial charge on any atom is -0.481 e. The zero-order chi connectivity index (χ0) is 13.9. The summed E-state index contributed by atoms with van der Waals surface area (Å²) in [4.78, 5) is 25.0. The molecule has 2 rings (SSSR count). The van der Waals surface area contributed by atoms with E-state index in [2.05, 4.69) is 6.58 Å². The summed E-state index contributed by atoms with van der Waals surface area (Å²) in [6.45, 7) is 4.86. The maximum Gasteiger partial charge on any atom is 0.410 e. The van der Waals surface area contributed by atoms with Gasteiger partial charge in [-0.15, -0.1) is 0 Å². The zero-order valence-electron chi connectivity index (χ0n) is 11.1. The first kappa shape index (κ1) is 13.9. The van der Waals surface area contributed by atoms with Crippen LogP contribution < -0.4 is 0 Å². The average Bonchev–Trinajstić information content (AvgIpc) is 2.34. The van der Waals surface area contributed by atoms with E-state index in [4.69, 9.17) is 4.74 Å². The maximum absolute atomic E-state index is 11.8. The molecule has 1 amide bonds. The Hall–Kier alpha value is -1.52. The summed E-state index contributed by atoms with van der Waals surface area (Å²) in [5.74, 6) is -0.645. The fourth-order valence-corrected chi connectivity index (χ4v) is 3.17. The highest BCUT2D eigenvalue weighted by atomic mass is 16.6. The van der Waals surface area contributed by atoms with Crippen LogP contribution in [0.3, 0.4) is 0 Å². The molecule has 0 radical (unpaired) electrons. The number of hydrogen-bond donors (Lipinski definition) is 1. The highest BCUT2D eigenvalue weighted by Crippen LogP contribution is 2.50. The van der Waals surface area contributed by atoms with Crippen LogP contribution in [-0.4, -0.2) is 41.8 Å². The molecule has 106 valence electrons. The molecule has 0 aromatic rings. The van der Waals surface area contributed by atoms with Gasteiger partial charge < -0.3 is 14.7 Å². The number of carboxylic acid groups (broad SMARTS) is 1. The van der Waals surface area contributed by atoms with Crippen LogP contribution in [0.2, 0.25) is 0 Å². The second-order valence-electron chi connectivity index (χ2n) is 5.47. The van der Waals surface area contributed by atoms with Crippen molar-refractivity contribution in [1.82, 2.24) is 4.90 Å². The average molecular weight is 267 g/mol.